The molecule has 0 radical (unpaired) electrons. The van der Waals surface area contributed by atoms with E-state index in [-0.39, 0.29) is 5.56 Å². The minimum atomic E-state index is -0.989. The molecule has 20 heavy (non-hydrogen) atoms. The summed E-state index contributed by atoms with van der Waals surface area (Å²) >= 11 is 3.20. The number of nitrogens with one attached hydrogen (secondary N) is 1. The molecule has 0 saturated heterocycles. The number of nitrogens with zero attached hydrogens (tertiary/aromatic N) is 1. The van der Waals surface area contributed by atoms with Crippen molar-refractivity contribution >= 4 is 33.3 Å². The fourth-order valence-electron chi connectivity index (χ4n) is 1.80. The Kier molecular flexibility index (Phi) is 4.06. The number of halogens is 1. The third kappa shape index (κ3) is 2.98. The van der Waals surface area contributed by atoms with Crippen molar-refractivity contribution in [3.63, 3.8) is 0 Å². The van der Waals surface area contributed by atoms with Crippen molar-refractivity contribution in [3.8, 4) is 6.07 Å². The smallest absolute Gasteiger partial charge is 0.336 e. The molecule has 0 fully saturated rings. The van der Waals surface area contributed by atoms with Crippen LogP contribution in [-0.2, 0) is 0 Å². The van der Waals surface area contributed by atoms with E-state index in [4.69, 9.17) is 10.4 Å². The fraction of sp³-hybridized carbons (Fsp3) is 0.0667. The van der Waals surface area contributed by atoms with Crippen molar-refractivity contribution in [2.75, 3.05) is 5.32 Å². The first-order valence-corrected chi connectivity index (χ1v) is 6.61. The molecule has 0 amide bonds. The van der Waals surface area contributed by atoms with E-state index in [2.05, 4.69) is 27.3 Å². The van der Waals surface area contributed by atoms with Gasteiger partial charge in [-0.1, -0.05) is 0 Å². The van der Waals surface area contributed by atoms with Gasteiger partial charge in [0.2, 0.25) is 0 Å². The molecule has 0 aliphatic rings. The normalized spacial score (nSPS) is 9.85. The van der Waals surface area contributed by atoms with Crippen LogP contribution in [0.3, 0.4) is 0 Å². The third-order valence-corrected chi connectivity index (χ3v) is 3.52. The molecule has 100 valence electrons. The average molecular weight is 331 g/mol. The topological polar surface area (TPSA) is 73.1 Å². The first-order valence-electron chi connectivity index (χ1n) is 5.82. The summed E-state index contributed by atoms with van der Waals surface area (Å²) in [6, 6.07) is 12.5. The van der Waals surface area contributed by atoms with E-state index < -0.39 is 5.97 Å². The van der Waals surface area contributed by atoms with Crippen molar-refractivity contribution in [2.45, 2.75) is 6.92 Å². The van der Waals surface area contributed by atoms with Gasteiger partial charge in [0.15, 0.2) is 0 Å². The highest BCUT2D eigenvalue weighted by atomic mass is 79.9. The van der Waals surface area contributed by atoms with Crippen molar-refractivity contribution in [3.05, 3.63) is 57.6 Å². The van der Waals surface area contributed by atoms with Gasteiger partial charge in [-0.3, -0.25) is 0 Å². The van der Waals surface area contributed by atoms with Gasteiger partial charge in [-0.05, 0) is 64.8 Å². The van der Waals surface area contributed by atoms with Gasteiger partial charge in [-0.15, -0.1) is 0 Å². The van der Waals surface area contributed by atoms with E-state index in [0.717, 1.165) is 11.3 Å². The monoisotopic (exact) mass is 330 g/mol. The number of rotatable bonds is 3. The Bertz CT molecular complexity index is 720. The van der Waals surface area contributed by atoms with Gasteiger partial charge in [-0.25, -0.2) is 4.79 Å². The molecule has 0 aromatic heterocycles. The Morgan fingerprint density at radius 2 is 1.90 bits per heavy atom. The Hall–Kier alpha value is -2.32. The van der Waals surface area contributed by atoms with Crippen LogP contribution in [0.2, 0.25) is 0 Å². The van der Waals surface area contributed by atoms with Crippen LogP contribution in [0.25, 0.3) is 0 Å². The fourth-order valence-corrected chi connectivity index (χ4v) is 2.22. The lowest BCUT2D eigenvalue weighted by molar-refractivity contribution is 0.0696. The lowest BCUT2D eigenvalue weighted by Crippen LogP contribution is -1.99. The van der Waals surface area contributed by atoms with Crippen molar-refractivity contribution in [1.29, 1.82) is 5.26 Å². The van der Waals surface area contributed by atoms with Crippen LogP contribution in [0.15, 0.2) is 40.9 Å². The van der Waals surface area contributed by atoms with Crippen LogP contribution < -0.4 is 5.32 Å². The van der Waals surface area contributed by atoms with Gasteiger partial charge in [0.05, 0.1) is 17.2 Å². The molecule has 5 heteroatoms. The molecule has 2 aromatic carbocycles. The zero-order valence-electron chi connectivity index (χ0n) is 10.6. The van der Waals surface area contributed by atoms with Crippen molar-refractivity contribution in [2.24, 2.45) is 0 Å². The molecule has 0 heterocycles. The quantitative estimate of drug-likeness (QED) is 0.889. The standard InChI is InChI=1S/C15H11BrN2O2/c1-9-6-11(3-2-10(9)8-17)18-12-4-5-14(16)13(7-12)15(19)20/h2-7,18H,1H3,(H,19,20). The van der Waals surface area contributed by atoms with E-state index in [1.807, 2.05) is 13.0 Å². The first-order chi connectivity index (χ1) is 9.51. The number of benzene rings is 2. The number of hydrogen-bond acceptors (Lipinski definition) is 3. The van der Waals surface area contributed by atoms with Gasteiger partial charge in [0, 0.05) is 15.8 Å². The zero-order valence-corrected chi connectivity index (χ0v) is 12.2. The molecule has 2 N–H and O–H groups in total. The minimum absolute atomic E-state index is 0.195. The van der Waals surface area contributed by atoms with Crippen LogP contribution in [0.4, 0.5) is 11.4 Å². The molecule has 0 unspecified atom stereocenters. The van der Waals surface area contributed by atoms with Gasteiger partial charge in [0.25, 0.3) is 0 Å². The second-order valence-electron chi connectivity index (χ2n) is 4.27. The molecular weight excluding hydrogens is 320 g/mol. The minimum Gasteiger partial charge on any atom is -0.478 e. The van der Waals surface area contributed by atoms with E-state index in [1.165, 1.54) is 0 Å². The number of carboxylic acids is 1. The maximum absolute atomic E-state index is 11.1. The summed E-state index contributed by atoms with van der Waals surface area (Å²) in [5.41, 5.74) is 3.17. The van der Waals surface area contributed by atoms with Crippen molar-refractivity contribution < 1.29 is 9.90 Å². The summed E-state index contributed by atoms with van der Waals surface area (Å²) in [5.74, 6) is -0.989. The zero-order chi connectivity index (χ0) is 14.7. The predicted octanol–water partition coefficient (Wildman–Crippen LogP) is 4.07. The van der Waals surface area contributed by atoms with Gasteiger partial charge >= 0.3 is 5.97 Å². The second kappa shape index (κ2) is 5.76. The largest absolute Gasteiger partial charge is 0.478 e. The van der Waals surface area contributed by atoms with Crippen molar-refractivity contribution in [1.82, 2.24) is 0 Å². The predicted molar refractivity (Wildman–Crippen MR) is 80.3 cm³/mol. The first kappa shape index (κ1) is 14.1. The number of nitriles is 1. The lowest BCUT2D eigenvalue weighted by atomic mass is 10.1. The molecule has 0 spiro atoms. The van der Waals surface area contributed by atoms with Crippen LogP contribution in [0, 0.1) is 18.3 Å². The number of carboxylic acid groups (broad SMARTS) is 1. The molecule has 0 aliphatic carbocycles. The molecule has 4 nitrogen and oxygen atoms in total. The van der Waals surface area contributed by atoms with Crippen LogP contribution in [0.5, 0.6) is 0 Å². The molecule has 2 aromatic rings. The maximum atomic E-state index is 11.1. The Balaban J connectivity index is 2.31. The van der Waals surface area contributed by atoms with E-state index in [1.54, 1.807) is 30.3 Å². The summed E-state index contributed by atoms with van der Waals surface area (Å²) < 4.78 is 0.534. The summed E-state index contributed by atoms with van der Waals surface area (Å²) in [5, 5.41) is 21.1. The van der Waals surface area contributed by atoms with Crippen LogP contribution in [0.1, 0.15) is 21.5 Å². The molecule has 0 bridgehead atoms. The summed E-state index contributed by atoms with van der Waals surface area (Å²) in [6.45, 7) is 1.86. The highest BCUT2D eigenvalue weighted by Crippen LogP contribution is 2.24. The number of aromatic carboxylic acids is 1. The summed E-state index contributed by atoms with van der Waals surface area (Å²) in [4.78, 5) is 11.1. The highest BCUT2D eigenvalue weighted by Gasteiger charge is 2.09. The number of hydrogen-bond donors (Lipinski definition) is 2. The molecule has 0 atom stereocenters. The highest BCUT2D eigenvalue weighted by molar-refractivity contribution is 9.10. The van der Waals surface area contributed by atoms with E-state index in [9.17, 15) is 4.79 Å². The molecule has 0 aliphatic heterocycles. The van der Waals surface area contributed by atoms with Crippen LogP contribution in [-0.4, -0.2) is 11.1 Å². The van der Waals surface area contributed by atoms with Crippen LogP contribution >= 0.6 is 15.9 Å². The van der Waals surface area contributed by atoms with E-state index in [0.29, 0.717) is 15.7 Å². The molecule has 0 saturated carbocycles. The molecular formula is C15H11BrN2O2. The Morgan fingerprint density at radius 3 is 2.50 bits per heavy atom. The van der Waals surface area contributed by atoms with E-state index >= 15 is 0 Å². The second-order valence-corrected chi connectivity index (χ2v) is 5.12. The maximum Gasteiger partial charge on any atom is 0.336 e. The number of anilines is 2. The SMILES string of the molecule is Cc1cc(Nc2ccc(Br)c(C(=O)O)c2)ccc1C#N. The summed E-state index contributed by atoms with van der Waals surface area (Å²) in [7, 11) is 0. The van der Waals surface area contributed by atoms with Gasteiger partial charge < -0.3 is 10.4 Å². The Labute approximate surface area is 124 Å². The van der Waals surface area contributed by atoms with Gasteiger partial charge in [0.1, 0.15) is 0 Å². The average Bonchev–Trinajstić information content (AvgIpc) is 2.41. The third-order valence-electron chi connectivity index (χ3n) is 2.83. The molecule has 2 rings (SSSR count). The summed E-state index contributed by atoms with van der Waals surface area (Å²) in [6.07, 6.45) is 0. The van der Waals surface area contributed by atoms with Gasteiger partial charge in [-0.2, -0.15) is 5.26 Å². The number of carbonyl (C=O) groups is 1. The number of aryl methyl sites for hydroxylation is 1. The lowest BCUT2D eigenvalue weighted by Gasteiger charge is -2.09. The Morgan fingerprint density at radius 1 is 1.25 bits per heavy atom.